The van der Waals surface area contributed by atoms with Gasteiger partial charge >= 0.3 is 0 Å². The third-order valence-electron chi connectivity index (χ3n) is 5.36. The van der Waals surface area contributed by atoms with E-state index in [4.69, 9.17) is 9.90 Å². The molecule has 1 aliphatic rings. The maximum absolute atomic E-state index is 12.4. The van der Waals surface area contributed by atoms with Crippen LogP contribution in [0.5, 0.6) is 0 Å². The Labute approximate surface area is 180 Å². The van der Waals surface area contributed by atoms with Gasteiger partial charge in [0.1, 0.15) is 0 Å². The number of pyridine rings is 1. The molecule has 1 aliphatic heterocycles. The molecule has 4 rings (SSSR count). The number of carboxylic acid groups (broad SMARTS) is 1. The lowest BCUT2D eigenvalue weighted by molar-refractivity contribution is -0.123. The van der Waals surface area contributed by atoms with Gasteiger partial charge < -0.3 is 15.5 Å². The summed E-state index contributed by atoms with van der Waals surface area (Å²) in [5.41, 5.74) is 3.68. The third kappa shape index (κ3) is 5.65. The highest BCUT2D eigenvalue weighted by Crippen LogP contribution is 2.25. The van der Waals surface area contributed by atoms with Crippen molar-refractivity contribution in [3.8, 4) is 0 Å². The van der Waals surface area contributed by atoms with Crippen molar-refractivity contribution in [1.29, 1.82) is 0 Å². The van der Waals surface area contributed by atoms with Crippen molar-refractivity contribution in [1.82, 2.24) is 19.7 Å². The molecule has 3 N–H and O–H groups in total. The van der Waals surface area contributed by atoms with E-state index in [-0.39, 0.29) is 24.8 Å². The van der Waals surface area contributed by atoms with Crippen LogP contribution in [-0.2, 0) is 23.1 Å². The maximum atomic E-state index is 12.4. The number of fused-ring (bicyclic) bond motifs is 1. The van der Waals surface area contributed by atoms with Crippen LogP contribution in [0.25, 0.3) is 10.9 Å². The molecule has 1 saturated heterocycles. The zero-order chi connectivity index (χ0) is 22.4. The molecule has 0 bridgehead atoms. The first kappa shape index (κ1) is 22.4. The number of aliphatic hydroxyl groups excluding tert-OH is 1. The Hall–Kier alpha value is -3.30. The highest BCUT2D eigenvalue weighted by Gasteiger charge is 2.32. The Morgan fingerprint density at radius 2 is 2.03 bits per heavy atom. The smallest absolute Gasteiger partial charge is 0.290 e. The number of anilines is 1. The van der Waals surface area contributed by atoms with Gasteiger partial charge in [-0.25, -0.2) is 0 Å². The number of hydrogen-bond acceptors (Lipinski definition) is 6. The van der Waals surface area contributed by atoms with Gasteiger partial charge in [0.2, 0.25) is 5.91 Å². The number of nitrogens with zero attached hydrogens (tertiary/aromatic N) is 4. The lowest BCUT2D eigenvalue weighted by Crippen LogP contribution is -2.32. The van der Waals surface area contributed by atoms with Gasteiger partial charge in [0.15, 0.2) is 0 Å². The van der Waals surface area contributed by atoms with Gasteiger partial charge in [-0.05, 0) is 31.0 Å². The fourth-order valence-corrected chi connectivity index (χ4v) is 4.00. The van der Waals surface area contributed by atoms with Crippen molar-refractivity contribution >= 4 is 29.0 Å². The zero-order valence-electron chi connectivity index (χ0n) is 17.6. The van der Waals surface area contributed by atoms with Crippen LogP contribution in [0.3, 0.4) is 0 Å². The van der Waals surface area contributed by atoms with E-state index in [1.807, 2.05) is 49.3 Å². The normalized spacial score (nSPS) is 18.4. The van der Waals surface area contributed by atoms with Crippen molar-refractivity contribution in [3.63, 3.8) is 0 Å². The first-order chi connectivity index (χ1) is 14.9. The van der Waals surface area contributed by atoms with Crippen LogP contribution >= 0.6 is 0 Å². The zero-order valence-corrected chi connectivity index (χ0v) is 17.6. The van der Waals surface area contributed by atoms with E-state index >= 15 is 0 Å². The van der Waals surface area contributed by atoms with Crippen LogP contribution in [0.2, 0.25) is 0 Å². The minimum absolute atomic E-state index is 0.0849. The maximum Gasteiger partial charge on any atom is 0.290 e. The summed E-state index contributed by atoms with van der Waals surface area (Å²) in [5, 5.41) is 25.7. The lowest BCUT2D eigenvalue weighted by Gasteiger charge is -2.16. The van der Waals surface area contributed by atoms with Gasteiger partial charge in [0, 0.05) is 43.8 Å². The highest BCUT2D eigenvalue weighted by molar-refractivity contribution is 5.92. The quantitative estimate of drug-likeness (QED) is 0.529. The van der Waals surface area contributed by atoms with Gasteiger partial charge in [-0.2, -0.15) is 5.10 Å². The molecule has 0 aliphatic carbocycles. The summed E-state index contributed by atoms with van der Waals surface area (Å²) in [4.78, 5) is 27.2. The summed E-state index contributed by atoms with van der Waals surface area (Å²) in [7, 11) is 1.83. The van der Waals surface area contributed by atoms with Gasteiger partial charge in [-0.3, -0.25) is 24.2 Å². The standard InChI is InChI=1S/C21H25N5O2.CH2O2/c1-14-19(11-25(2)24-14)23-21(28)13-26-10-16(20(27)12-26)9-15-7-8-22-18-6-4-3-5-17(15)18;2-1-3/h3-8,11,16,20,27H,9-10,12-13H2,1-2H3,(H,23,28);1H,(H,2,3)/t16-,20+;/m1./s1. The van der Waals surface area contributed by atoms with E-state index in [0.29, 0.717) is 13.1 Å². The van der Waals surface area contributed by atoms with E-state index < -0.39 is 6.10 Å². The molecule has 164 valence electrons. The van der Waals surface area contributed by atoms with Crippen LogP contribution in [0, 0.1) is 12.8 Å². The van der Waals surface area contributed by atoms with Crippen molar-refractivity contribution in [2.45, 2.75) is 19.4 Å². The summed E-state index contributed by atoms with van der Waals surface area (Å²) < 4.78 is 1.68. The van der Waals surface area contributed by atoms with E-state index in [1.54, 1.807) is 10.9 Å². The number of benzene rings is 1. The van der Waals surface area contributed by atoms with Crippen LogP contribution in [0.1, 0.15) is 11.3 Å². The van der Waals surface area contributed by atoms with Crippen LogP contribution in [0.15, 0.2) is 42.7 Å². The molecule has 0 saturated carbocycles. The minimum atomic E-state index is -0.445. The van der Waals surface area contributed by atoms with E-state index in [9.17, 15) is 9.90 Å². The fraction of sp³-hybridized carbons (Fsp3) is 0.364. The number of nitrogens with one attached hydrogen (secondary N) is 1. The molecule has 2 atom stereocenters. The second kappa shape index (κ2) is 10.1. The number of para-hydroxylation sites is 1. The summed E-state index contributed by atoms with van der Waals surface area (Å²) in [6.07, 6.45) is 3.94. The van der Waals surface area contributed by atoms with Crippen LogP contribution in [-0.4, -0.2) is 68.0 Å². The molecule has 1 fully saturated rings. The molecule has 31 heavy (non-hydrogen) atoms. The van der Waals surface area contributed by atoms with Crippen LogP contribution in [0.4, 0.5) is 5.69 Å². The molecule has 9 nitrogen and oxygen atoms in total. The summed E-state index contributed by atoms with van der Waals surface area (Å²) in [5.74, 6) is 0.0112. The van der Waals surface area contributed by atoms with Gasteiger partial charge in [0.25, 0.3) is 6.47 Å². The molecule has 1 amide bonds. The first-order valence-corrected chi connectivity index (χ1v) is 10.0. The number of rotatable bonds is 5. The average molecular weight is 425 g/mol. The predicted octanol–water partition coefficient (Wildman–Crippen LogP) is 1.45. The molecule has 9 heteroatoms. The Kier molecular flexibility index (Phi) is 7.32. The van der Waals surface area contributed by atoms with Crippen molar-refractivity contribution in [2.24, 2.45) is 13.0 Å². The second-order valence-electron chi connectivity index (χ2n) is 7.67. The van der Waals surface area contributed by atoms with E-state index in [2.05, 4.69) is 21.5 Å². The summed E-state index contributed by atoms with van der Waals surface area (Å²) in [6.45, 7) is 3.08. The number of carbonyl (C=O) groups excluding carboxylic acids is 1. The molecule has 2 aromatic heterocycles. The van der Waals surface area contributed by atoms with Gasteiger partial charge in [-0.15, -0.1) is 0 Å². The number of likely N-dealkylation sites (tertiary alicyclic amines) is 1. The Bertz CT molecular complexity index is 1050. The molecular formula is C22H27N5O4. The average Bonchev–Trinajstić information content (AvgIpc) is 3.22. The number of aromatic nitrogens is 3. The Morgan fingerprint density at radius 3 is 2.74 bits per heavy atom. The molecule has 0 spiro atoms. The van der Waals surface area contributed by atoms with Crippen LogP contribution < -0.4 is 5.32 Å². The number of aliphatic hydroxyl groups is 1. The Balaban J connectivity index is 0.000000858. The lowest BCUT2D eigenvalue weighted by atomic mass is 9.94. The third-order valence-corrected chi connectivity index (χ3v) is 5.36. The highest BCUT2D eigenvalue weighted by atomic mass is 16.3. The topological polar surface area (TPSA) is 121 Å². The number of carbonyl (C=O) groups is 2. The molecule has 3 heterocycles. The van der Waals surface area contributed by atoms with Crippen molar-refractivity contribution in [3.05, 3.63) is 54.0 Å². The predicted molar refractivity (Wildman–Crippen MR) is 117 cm³/mol. The monoisotopic (exact) mass is 425 g/mol. The molecule has 3 aromatic rings. The largest absolute Gasteiger partial charge is 0.483 e. The molecule has 1 aromatic carbocycles. The molecule has 0 unspecified atom stereocenters. The second-order valence-corrected chi connectivity index (χ2v) is 7.67. The Morgan fingerprint density at radius 1 is 1.29 bits per heavy atom. The first-order valence-electron chi connectivity index (χ1n) is 10.0. The number of hydrogen-bond donors (Lipinski definition) is 3. The molecule has 0 radical (unpaired) electrons. The van der Waals surface area contributed by atoms with E-state index in [0.717, 1.165) is 28.7 Å². The SMILES string of the molecule is Cc1nn(C)cc1NC(=O)CN1C[C@@H](Cc2ccnc3ccccc23)[C@@H](O)C1.O=CO. The summed E-state index contributed by atoms with van der Waals surface area (Å²) in [6, 6.07) is 10.1. The number of amides is 1. The molecular weight excluding hydrogens is 398 g/mol. The minimum Gasteiger partial charge on any atom is -0.483 e. The fourth-order valence-electron chi connectivity index (χ4n) is 4.00. The summed E-state index contributed by atoms with van der Waals surface area (Å²) >= 11 is 0. The van der Waals surface area contributed by atoms with Gasteiger partial charge in [0.05, 0.1) is 29.5 Å². The van der Waals surface area contributed by atoms with E-state index in [1.165, 1.54) is 5.56 Å². The van der Waals surface area contributed by atoms with Crippen molar-refractivity contribution in [2.75, 3.05) is 25.0 Å². The number of aryl methyl sites for hydroxylation is 2. The number of β-amino-alcohol motifs (C(OH)–C–C–N with tert-alkyl or cyclic N) is 1. The van der Waals surface area contributed by atoms with Gasteiger partial charge in [-0.1, -0.05) is 18.2 Å². The van der Waals surface area contributed by atoms with Crippen molar-refractivity contribution < 1.29 is 19.8 Å².